The first kappa shape index (κ1) is 7.94. The third-order valence-electron chi connectivity index (χ3n) is 1.03. The third-order valence-corrected chi connectivity index (χ3v) is 1.32. The second-order valence-corrected chi connectivity index (χ2v) is 2.14. The second kappa shape index (κ2) is 3.30. The molecule has 1 N–H and O–H groups in total. The molecule has 0 fully saturated rings. The number of hydrogen-bond donors (Lipinski definition) is 1. The van der Waals surface area contributed by atoms with Gasteiger partial charge in [-0.15, -0.1) is 0 Å². The smallest absolute Gasteiger partial charge is 0.176 e. The molecule has 5 heteroatoms. The molecule has 0 saturated heterocycles. The molecule has 0 aliphatic heterocycles. The highest BCUT2D eigenvalue weighted by Gasteiger charge is 2.00. The van der Waals surface area contributed by atoms with E-state index in [9.17, 15) is 4.39 Å². The van der Waals surface area contributed by atoms with Crippen molar-refractivity contribution in [1.29, 1.82) is 0 Å². The zero-order valence-corrected chi connectivity index (χ0v) is 6.09. The summed E-state index contributed by atoms with van der Waals surface area (Å²) in [6.07, 6.45) is 2.33. The Morgan fingerprint density at radius 1 is 1.64 bits per heavy atom. The fourth-order valence-electron chi connectivity index (χ4n) is 0.582. The van der Waals surface area contributed by atoms with Crippen LogP contribution in [0.4, 0.5) is 4.39 Å². The lowest BCUT2D eigenvalue weighted by atomic mass is 10.3. The molecule has 1 aromatic heterocycles. The summed E-state index contributed by atoms with van der Waals surface area (Å²) in [5.41, 5.74) is 0.245. The van der Waals surface area contributed by atoms with Gasteiger partial charge >= 0.3 is 0 Å². The highest BCUT2D eigenvalue weighted by Crippen LogP contribution is 2.04. The molecule has 0 amide bonds. The largest absolute Gasteiger partial charge is 0.410 e. The molecule has 0 aliphatic carbocycles. The molecule has 58 valence electrons. The van der Waals surface area contributed by atoms with Gasteiger partial charge < -0.3 is 5.21 Å². The Kier molecular flexibility index (Phi) is 2.38. The minimum atomic E-state index is -0.524. The normalized spacial score (nSPS) is 11.6. The van der Waals surface area contributed by atoms with Crippen LogP contribution < -0.4 is 0 Å². The molecule has 0 bridgehead atoms. The zero-order chi connectivity index (χ0) is 8.27. The minimum Gasteiger partial charge on any atom is -0.410 e. The Bertz CT molecular complexity index is 290. The topological polar surface area (TPSA) is 45.5 Å². The van der Waals surface area contributed by atoms with Gasteiger partial charge in [-0.25, -0.2) is 4.39 Å². The predicted molar refractivity (Wildman–Crippen MR) is 38.4 cm³/mol. The van der Waals surface area contributed by atoms with Crippen molar-refractivity contribution in [1.82, 2.24) is 4.98 Å². The maximum Gasteiger partial charge on any atom is 0.176 e. The fraction of sp³-hybridized carbons (Fsp3) is 0. The van der Waals surface area contributed by atoms with Crippen LogP contribution in [0.5, 0.6) is 0 Å². The van der Waals surface area contributed by atoms with E-state index in [1.165, 1.54) is 6.20 Å². The van der Waals surface area contributed by atoms with E-state index in [-0.39, 0.29) is 10.7 Å². The summed E-state index contributed by atoms with van der Waals surface area (Å²) in [7, 11) is 0. The van der Waals surface area contributed by atoms with E-state index in [1.54, 1.807) is 0 Å². The van der Waals surface area contributed by atoms with Crippen LogP contribution in [0.15, 0.2) is 23.6 Å². The average Bonchev–Trinajstić information content (AvgIpc) is 2.03. The number of halogens is 2. The Balaban J connectivity index is 3.06. The van der Waals surface area contributed by atoms with Crippen LogP contribution >= 0.6 is 11.6 Å². The first-order chi connectivity index (χ1) is 5.24. The van der Waals surface area contributed by atoms with Crippen molar-refractivity contribution in [3.8, 4) is 0 Å². The molecular formula is C6H4ClFN2O. The van der Waals surface area contributed by atoms with Crippen molar-refractivity contribution in [2.75, 3.05) is 0 Å². The lowest BCUT2D eigenvalue weighted by Gasteiger charge is -1.93. The van der Waals surface area contributed by atoms with Gasteiger partial charge in [0.2, 0.25) is 0 Å². The summed E-state index contributed by atoms with van der Waals surface area (Å²) in [4.78, 5) is 3.50. The predicted octanol–water partition coefficient (Wildman–Crippen LogP) is 1.60. The van der Waals surface area contributed by atoms with Gasteiger partial charge in [0.15, 0.2) is 5.17 Å². The fourth-order valence-corrected chi connectivity index (χ4v) is 0.686. The van der Waals surface area contributed by atoms with E-state index < -0.39 is 5.82 Å². The van der Waals surface area contributed by atoms with Crippen molar-refractivity contribution in [3.05, 3.63) is 29.8 Å². The molecule has 0 saturated carbocycles. The van der Waals surface area contributed by atoms with Gasteiger partial charge in [0, 0.05) is 11.8 Å². The van der Waals surface area contributed by atoms with Crippen LogP contribution in [-0.4, -0.2) is 15.4 Å². The number of pyridine rings is 1. The van der Waals surface area contributed by atoms with Crippen molar-refractivity contribution in [3.63, 3.8) is 0 Å². The summed E-state index contributed by atoms with van der Waals surface area (Å²) in [5, 5.41) is 10.7. The standard InChI is InChI=1S/C6H4ClFN2O/c7-6(10-11)4-1-5(8)3-9-2-4/h1-3,11H/b10-6-. The van der Waals surface area contributed by atoms with Gasteiger partial charge in [0.1, 0.15) is 5.82 Å². The molecule has 0 aliphatic rings. The van der Waals surface area contributed by atoms with Crippen LogP contribution in [0.3, 0.4) is 0 Å². The monoisotopic (exact) mass is 174 g/mol. The summed E-state index contributed by atoms with van der Waals surface area (Å²) >= 11 is 5.36. The van der Waals surface area contributed by atoms with E-state index in [2.05, 4.69) is 10.1 Å². The quantitative estimate of drug-likeness (QED) is 0.399. The van der Waals surface area contributed by atoms with Gasteiger partial charge in [-0.1, -0.05) is 16.8 Å². The molecule has 0 radical (unpaired) electrons. The number of hydrogen-bond acceptors (Lipinski definition) is 3. The Morgan fingerprint density at radius 2 is 2.36 bits per heavy atom. The maximum atomic E-state index is 12.4. The summed E-state index contributed by atoms with van der Waals surface area (Å²) in [6, 6.07) is 1.12. The lowest BCUT2D eigenvalue weighted by molar-refractivity contribution is 0.321. The van der Waals surface area contributed by atoms with Crippen LogP contribution in [0, 0.1) is 5.82 Å². The highest BCUT2D eigenvalue weighted by atomic mass is 35.5. The Hall–Kier alpha value is -1.16. The first-order valence-corrected chi connectivity index (χ1v) is 3.10. The molecule has 0 spiro atoms. The number of nitrogens with zero attached hydrogens (tertiary/aromatic N) is 2. The Morgan fingerprint density at radius 3 is 2.91 bits per heavy atom. The molecule has 0 atom stereocenters. The van der Waals surface area contributed by atoms with Crippen LogP contribution in [0.2, 0.25) is 0 Å². The van der Waals surface area contributed by atoms with Gasteiger partial charge in [0.25, 0.3) is 0 Å². The lowest BCUT2D eigenvalue weighted by Crippen LogP contribution is -1.92. The van der Waals surface area contributed by atoms with Gasteiger partial charge in [-0.2, -0.15) is 0 Å². The second-order valence-electron chi connectivity index (χ2n) is 1.78. The van der Waals surface area contributed by atoms with E-state index in [4.69, 9.17) is 16.8 Å². The summed E-state index contributed by atoms with van der Waals surface area (Å²) < 4.78 is 12.4. The van der Waals surface area contributed by atoms with Gasteiger partial charge in [0.05, 0.1) is 6.20 Å². The van der Waals surface area contributed by atoms with Crippen molar-refractivity contribution in [2.24, 2.45) is 5.16 Å². The molecule has 1 heterocycles. The zero-order valence-electron chi connectivity index (χ0n) is 5.33. The van der Waals surface area contributed by atoms with E-state index in [0.717, 1.165) is 12.3 Å². The van der Waals surface area contributed by atoms with E-state index in [1.807, 2.05) is 0 Å². The number of rotatable bonds is 1. The van der Waals surface area contributed by atoms with E-state index >= 15 is 0 Å². The molecule has 11 heavy (non-hydrogen) atoms. The molecule has 1 aromatic rings. The van der Waals surface area contributed by atoms with Crippen molar-refractivity contribution >= 4 is 16.8 Å². The molecular weight excluding hydrogens is 171 g/mol. The third kappa shape index (κ3) is 1.88. The average molecular weight is 175 g/mol. The molecule has 3 nitrogen and oxygen atoms in total. The van der Waals surface area contributed by atoms with Crippen LogP contribution in [0.25, 0.3) is 0 Å². The van der Waals surface area contributed by atoms with Gasteiger partial charge in [-0.05, 0) is 6.07 Å². The molecule has 0 aromatic carbocycles. The number of oxime groups is 1. The summed E-state index contributed by atoms with van der Waals surface area (Å²) in [6.45, 7) is 0. The Labute approximate surface area is 67.1 Å². The van der Waals surface area contributed by atoms with Crippen molar-refractivity contribution in [2.45, 2.75) is 0 Å². The number of aromatic nitrogens is 1. The van der Waals surface area contributed by atoms with Gasteiger partial charge in [-0.3, -0.25) is 4.98 Å². The molecule has 1 rings (SSSR count). The van der Waals surface area contributed by atoms with Crippen molar-refractivity contribution < 1.29 is 9.60 Å². The molecule has 0 unspecified atom stereocenters. The maximum absolute atomic E-state index is 12.4. The first-order valence-electron chi connectivity index (χ1n) is 2.72. The van der Waals surface area contributed by atoms with Crippen LogP contribution in [-0.2, 0) is 0 Å². The minimum absolute atomic E-state index is 0.183. The summed E-state index contributed by atoms with van der Waals surface area (Å²) in [5.74, 6) is -0.524. The SMILES string of the molecule is O/N=C(\Cl)c1cncc(F)c1. The van der Waals surface area contributed by atoms with E-state index in [0.29, 0.717) is 0 Å². The highest BCUT2D eigenvalue weighted by molar-refractivity contribution is 6.69. The van der Waals surface area contributed by atoms with Crippen LogP contribution in [0.1, 0.15) is 5.56 Å².